The molecule has 0 fully saturated rings. The van der Waals surface area contributed by atoms with Crippen LogP contribution in [-0.2, 0) is 20.0 Å². The van der Waals surface area contributed by atoms with Gasteiger partial charge in [0.1, 0.15) is 0 Å². The van der Waals surface area contributed by atoms with Crippen LogP contribution in [0.25, 0.3) is 0 Å². The van der Waals surface area contributed by atoms with E-state index in [4.69, 9.17) is 5.11 Å². The topological polar surface area (TPSA) is 85.8 Å². The zero-order valence-corrected chi connectivity index (χ0v) is 9.66. The van der Waals surface area contributed by atoms with Crippen LogP contribution in [0.1, 0.15) is 21.7 Å². The van der Waals surface area contributed by atoms with E-state index in [9.17, 15) is 4.79 Å². The Morgan fingerprint density at radius 1 is 1.53 bits per heavy atom. The first kappa shape index (κ1) is 11.3. The summed E-state index contributed by atoms with van der Waals surface area (Å²) < 4.78 is 3.32. The molecule has 90 valence electrons. The molecule has 0 aromatic carbocycles. The lowest BCUT2D eigenvalue weighted by molar-refractivity contribution is 0.0689. The van der Waals surface area contributed by atoms with E-state index in [0.29, 0.717) is 12.2 Å². The van der Waals surface area contributed by atoms with Crippen molar-refractivity contribution in [3.05, 3.63) is 29.3 Å². The summed E-state index contributed by atoms with van der Waals surface area (Å²) in [6.45, 7) is 2.30. The van der Waals surface area contributed by atoms with Gasteiger partial charge in [0.05, 0.1) is 11.9 Å². The van der Waals surface area contributed by atoms with E-state index in [0.717, 1.165) is 12.0 Å². The molecule has 7 heteroatoms. The van der Waals surface area contributed by atoms with Gasteiger partial charge in [-0.15, -0.1) is 5.10 Å². The Bertz CT molecular complexity index is 543. The Morgan fingerprint density at radius 2 is 2.29 bits per heavy atom. The first-order valence-corrected chi connectivity index (χ1v) is 5.19. The molecule has 0 unspecified atom stereocenters. The molecule has 2 aromatic rings. The Hall–Kier alpha value is -2.18. The molecule has 0 aliphatic rings. The molecule has 0 saturated carbocycles. The molecule has 0 amide bonds. The van der Waals surface area contributed by atoms with Crippen molar-refractivity contribution in [1.29, 1.82) is 0 Å². The number of carboxylic acids is 1. The van der Waals surface area contributed by atoms with Gasteiger partial charge in [0.15, 0.2) is 5.69 Å². The number of rotatable bonds is 4. The molecule has 0 atom stereocenters. The maximum absolute atomic E-state index is 10.8. The quantitative estimate of drug-likeness (QED) is 0.821. The molecular formula is C10H13N5O2. The molecule has 17 heavy (non-hydrogen) atoms. The van der Waals surface area contributed by atoms with Crippen molar-refractivity contribution < 1.29 is 9.90 Å². The van der Waals surface area contributed by atoms with Gasteiger partial charge in [-0.05, 0) is 18.9 Å². The second-order valence-corrected chi connectivity index (χ2v) is 3.82. The van der Waals surface area contributed by atoms with Gasteiger partial charge in [0.2, 0.25) is 0 Å². The maximum Gasteiger partial charge on any atom is 0.358 e. The van der Waals surface area contributed by atoms with Crippen molar-refractivity contribution in [2.75, 3.05) is 0 Å². The highest BCUT2D eigenvalue weighted by Crippen LogP contribution is 2.06. The van der Waals surface area contributed by atoms with Crippen LogP contribution in [0, 0.1) is 6.92 Å². The minimum Gasteiger partial charge on any atom is -0.476 e. The molecule has 0 aliphatic heterocycles. The third kappa shape index (κ3) is 2.32. The smallest absolute Gasteiger partial charge is 0.358 e. The fraction of sp³-hybridized carbons (Fsp3) is 0.400. The van der Waals surface area contributed by atoms with Gasteiger partial charge in [-0.2, -0.15) is 5.10 Å². The largest absolute Gasteiger partial charge is 0.476 e. The molecule has 0 aliphatic carbocycles. The van der Waals surface area contributed by atoms with Crippen molar-refractivity contribution in [2.45, 2.75) is 19.9 Å². The number of nitrogens with zero attached hydrogens (tertiary/aromatic N) is 5. The third-order valence-corrected chi connectivity index (χ3v) is 2.56. The van der Waals surface area contributed by atoms with Crippen molar-refractivity contribution in [2.24, 2.45) is 7.05 Å². The summed E-state index contributed by atoms with van der Waals surface area (Å²) >= 11 is 0. The van der Waals surface area contributed by atoms with Crippen LogP contribution in [-0.4, -0.2) is 35.9 Å². The number of carboxylic acid groups (broad SMARTS) is 1. The summed E-state index contributed by atoms with van der Waals surface area (Å²) in [7, 11) is 1.85. The summed E-state index contributed by atoms with van der Waals surface area (Å²) in [5, 5.41) is 20.3. The fourth-order valence-electron chi connectivity index (χ4n) is 1.61. The molecule has 2 heterocycles. The molecule has 7 nitrogen and oxygen atoms in total. The molecule has 0 radical (unpaired) electrons. The summed E-state index contributed by atoms with van der Waals surface area (Å²) in [4.78, 5) is 10.8. The molecule has 1 N–H and O–H groups in total. The van der Waals surface area contributed by atoms with Crippen molar-refractivity contribution >= 4 is 5.97 Å². The predicted molar refractivity (Wildman–Crippen MR) is 58.6 cm³/mol. The van der Waals surface area contributed by atoms with Gasteiger partial charge in [-0.25, -0.2) is 9.48 Å². The zero-order chi connectivity index (χ0) is 12.4. The monoisotopic (exact) mass is 235 g/mol. The Kier molecular flexibility index (Phi) is 2.90. The molecule has 2 rings (SSSR count). The van der Waals surface area contributed by atoms with Gasteiger partial charge >= 0.3 is 5.97 Å². The second kappa shape index (κ2) is 4.36. The molecule has 0 bridgehead atoms. The van der Waals surface area contributed by atoms with Crippen molar-refractivity contribution in [3.63, 3.8) is 0 Å². The van der Waals surface area contributed by atoms with Crippen LogP contribution in [0.5, 0.6) is 0 Å². The predicted octanol–water partition coefficient (Wildman–Crippen LogP) is 0.261. The van der Waals surface area contributed by atoms with Gasteiger partial charge in [-0.3, -0.25) is 4.68 Å². The minimum absolute atomic E-state index is 0.0104. The van der Waals surface area contributed by atoms with E-state index >= 15 is 0 Å². The summed E-state index contributed by atoms with van der Waals surface area (Å²) in [6, 6.07) is 0. The lowest BCUT2D eigenvalue weighted by Crippen LogP contribution is -2.06. The summed E-state index contributed by atoms with van der Waals surface area (Å²) in [6.07, 6.45) is 4.45. The van der Waals surface area contributed by atoms with Crippen LogP contribution in [0.4, 0.5) is 0 Å². The summed E-state index contributed by atoms with van der Waals surface area (Å²) in [5.41, 5.74) is 1.66. The second-order valence-electron chi connectivity index (χ2n) is 3.82. The maximum atomic E-state index is 10.8. The molecule has 0 spiro atoms. The number of aromatic carboxylic acids is 1. The van der Waals surface area contributed by atoms with E-state index in [1.54, 1.807) is 22.5 Å². The first-order chi connectivity index (χ1) is 8.08. The minimum atomic E-state index is -1.05. The number of aromatic nitrogens is 5. The van der Waals surface area contributed by atoms with Gasteiger partial charge in [0.25, 0.3) is 0 Å². The highest BCUT2D eigenvalue weighted by atomic mass is 16.4. The Morgan fingerprint density at radius 3 is 2.82 bits per heavy atom. The normalized spacial score (nSPS) is 10.7. The van der Waals surface area contributed by atoms with Crippen LogP contribution in [0.15, 0.2) is 12.4 Å². The summed E-state index contributed by atoms with van der Waals surface area (Å²) in [5.74, 6) is -1.05. The average Bonchev–Trinajstić information content (AvgIpc) is 2.82. The van der Waals surface area contributed by atoms with E-state index in [1.807, 2.05) is 13.2 Å². The molecule has 0 saturated heterocycles. The molecule has 2 aromatic heterocycles. The number of aryl methyl sites for hydroxylation is 3. The van der Waals surface area contributed by atoms with Gasteiger partial charge in [0, 0.05) is 19.8 Å². The van der Waals surface area contributed by atoms with Crippen molar-refractivity contribution in [1.82, 2.24) is 24.8 Å². The number of carbonyl (C=O) groups is 1. The van der Waals surface area contributed by atoms with Gasteiger partial charge in [-0.1, -0.05) is 5.21 Å². The van der Waals surface area contributed by atoms with E-state index in [1.165, 1.54) is 0 Å². The van der Waals surface area contributed by atoms with E-state index < -0.39 is 5.97 Å². The third-order valence-electron chi connectivity index (χ3n) is 2.56. The van der Waals surface area contributed by atoms with E-state index in [-0.39, 0.29) is 5.69 Å². The van der Waals surface area contributed by atoms with E-state index in [2.05, 4.69) is 15.4 Å². The lowest BCUT2D eigenvalue weighted by Gasteiger charge is -2.01. The molecular weight excluding hydrogens is 222 g/mol. The van der Waals surface area contributed by atoms with Crippen LogP contribution < -0.4 is 0 Å². The number of hydrogen-bond donors (Lipinski definition) is 1. The highest BCUT2D eigenvalue weighted by molar-refractivity contribution is 5.86. The highest BCUT2D eigenvalue weighted by Gasteiger charge is 2.14. The lowest BCUT2D eigenvalue weighted by atomic mass is 10.2. The Balaban J connectivity index is 2.07. The standard InChI is InChI=1S/C10H13N5O2/c1-7-9(10(16)17)12-13-15(7)4-3-8-5-11-14(2)6-8/h5-6H,3-4H2,1-2H3,(H,16,17). The first-order valence-electron chi connectivity index (χ1n) is 5.19. The fourth-order valence-corrected chi connectivity index (χ4v) is 1.61. The van der Waals surface area contributed by atoms with Crippen LogP contribution >= 0.6 is 0 Å². The van der Waals surface area contributed by atoms with Crippen molar-refractivity contribution in [3.8, 4) is 0 Å². The van der Waals surface area contributed by atoms with Crippen LogP contribution in [0.2, 0.25) is 0 Å². The Labute approximate surface area is 97.7 Å². The number of hydrogen-bond acceptors (Lipinski definition) is 4. The van der Waals surface area contributed by atoms with Gasteiger partial charge < -0.3 is 5.11 Å². The SMILES string of the molecule is Cc1c(C(=O)O)nnn1CCc1cnn(C)c1. The van der Waals surface area contributed by atoms with Crippen LogP contribution in [0.3, 0.4) is 0 Å². The zero-order valence-electron chi connectivity index (χ0n) is 9.66. The average molecular weight is 235 g/mol.